The molecular formula is C20H15ClF3N3O3. The van der Waals surface area contributed by atoms with Gasteiger partial charge in [0, 0.05) is 32.1 Å². The highest BCUT2D eigenvalue weighted by molar-refractivity contribution is 6.34. The van der Waals surface area contributed by atoms with Crippen molar-refractivity contribution in [2.24, 2.45) is 0 Å². The van der Waals surface area contributed by atoms with Crippen LogP contribution in [0.25, 0.3) is 11.6 Å². The smallest absolute Gasteiger partial charge is 0.453 e. The van der Waals surface area contributed by atoms with Crippen LogP contribution in [-0.2, 0) is 15.8 Å². The zero-order chi connectivity index (χ0) is 22.1. The fourth-order valence-electron chi connectivity index (χ4n) is 2.56. The summed E-state index contributed by atoms with van der Waals surface area (Å²) >= 11 is 5.82. The number of halogens is 4. The van der Waals surface area contributed by atoms with Gasteiger partial charge >= 0.3 is 12.1 Å². The zero-order valence-electron chi connectivity index (χ0n) is 15.8. The third-order valence-electron chi connectivity index (χ3n) is 4.12. The van der Waals surface area contributed by atoms with Crippen LogP contribution in [0.15, 0.2) is 48.5 Å². The van der Waals surface area contributed by atoms with Crippen LogP contribution in [0.2, 0.25) is 5.02 Å². The van der Waals surface area contributed by atoms with Gasteiger partial charge in [-0.05, 0) is 34.6 Å². The van der Waals surface area contributed by atoms with E-state index in [9.17, 15) is 23.1 Å². The maximum Gasteiger partial charge on any atom is 0.453 e. The average molecular weight is 438 g/mol. The molecule has 1 aliphatic heterocycles. The number of anilines is 1. The summed E-state index contributed by atoms with van der Waals surface area (Å²) in [6.45, 7) is 0. The third-order valence-corrected chi connectivity index (χ3v) is 4.41. The van der Waals surface area contributed by atoms with Crippen molar-refractivity contribution in [3.05, 3.63) is 70.4 Å². The van der Waals surface area contributed by atoms with Crippen molar-refractivity contribution in [3.8, 4) is 0 Å². The number of alkyl halides is 3. The van der Waals surface area contributed by atoms with E-state index in [0.717, 1.165) is 11.3 Å². The number of amides is 1. The number of carbonyl (C=O) groups is 1. The average Bonchev–Trinajstić information content (AvgIpc) is 2.95. The first-order valence-electron chi connectivity index (χ1n) is 8.53. The molecule has 1 aromatic carbocycles. The lowest BCUT2D eigenvalue weighted by atomic mass is 10.1. The van der Waals surface area contributed by atoms with Gasteiger partial charge in [-0.25, -0.2) is 4.79 Å². The third kappa shape index (κ3) is 4.46. The Bertz CT molecular complexity index is 1070. The van der Waals surface area contributed by atoms with E-state index < -0.39 is 34.2 Å². The van der Waals surface area contributed by atoms with Gasteiger partial charge in [0.1, 0.15) is 17.2 Å². The van der Waals surface area contributed by atoms with Crippen LogP contribution < -0.4 is 10.0 Å². The van der Waals surface area contributed by atoms with E-state index in [1.54, 1.807) is 6.08 Å². The molecule has 0 N–H and O–H groups in total. The number of benzene rings is 1. The lowest BCUT2D eigenvalue weighted by Gasteiger charge is -2.11. The Morgan fingerprint density at radius 1 is 1.23 bits per heavy atom. The maximum atomic E-state index is 12.7. The minimum absolute atomic E-state index is 0.376. The molecule has 30 heavy (non-hydrogen) atoms. The van der Waals surface area contributed by atoms with Crippen molar-refractivity contribution in [1.29, 1.82) is 0 Å². The summed E-state index contributed by atoms with van der Waals surface area (Å²) in [5, 5.41) is 11.6. The van der Waals surface area contributed by atoms with Crippen molar-refractivity contribution in [1.82, 2.24) is 4.98 Å². The first-order valence-corrected chi connectivity index (χ1v) is 8.90. The molecular weight excluding hydrogens is 423 g/mol. The molecule has 1 aromatic heterocycles. The molecule has 1 amide bonds. The number of allylic oxidation sites excluding steroid dienone is 1. The van der Waals surface area contributed by atoms with Crippen LogP contribution >= 0.6 is 11.6 Å². The molecule has 0 unspecified atom stereocenters. The molecule has 10 heteroatoms. The van der Waals surface area contributed by atoms with Gasteiger partial charge in [0.05, 0.1) is 10.6 Å². The highest BCUT2D eigenvalue weighted by atomic mass is 35.5. The van der Waals surface area contributed by atoms with Crippen molar-refractivity contribution in [2.75, 3.05) is 19.0 Å². The van der Waals surface area contributed by atoms with Gasteiger partial charge < -0.3 is 14.8 Å². The van der Waals surface area contributed by atoms with Crippen LogP contribution in [0.1, 0.15) is 16.8 Å². The fraction of sp³-hybridized carbons (Fsp3) is 0.150. The second-order valence-corrected chi connectivity index (χ2v) is 6.84. The van der Waals surface area contributed by atoms with E-state index >= 15 is 0 Å². The van der Waals surface area contributed by atoms with Crippen LogP contribution in [0.5, 0.6) is 0 Å². The van der Waals surface area contributed by atoms with Gasteiger partial charge in [-0.15, -0.1) is 0 Å². The molecule has 0 radical (unpaired) electrons. The molecule has 6 nitrogen and oxygen atoms in total. The Morgan fingerprint density at radius 2 is 1.90 bits per heavy atom. The summed E-state index contributed by atoms with van der Waals surface area (Å²) in [6.07, 6.45) is 0.224. The molecule has 156 valence electrons. The van der Waals surface area contributed by atoms with E-state index in [-0.39, 0.29) is 5.69 Å². The van der Waals surface area contributed by atoms with Crippen molar-refractivity contribution in [3.63, 3.8) is 0 Å². The summed E-state index contributed by atoms with van der Waals surface area (Å²) in [5.41, 5.74) is -0.166. The van der Waals surface area contributed by atoms with Gasteiger partial charge in [0.15, 0.2) is 0 Å². The fourth-order valence-corrected chi connectivity index (χ4v) is 2.82. The molecule has 0 atom stereocenters. The zero-order valence-corrected chi connectivity index (χ0v) is 16.5. The van der Waals surface area contributed by atoms with E-state index in [4.69, 9.17) is 16.4 Å². The Kier molecular flexibility index (Phi) is 5.84. The summed E-state index contributed by atoms with van der Waals surface area (Å²) < 4.78 is 38.9. The minimum atomic E-state index is -4.66. The van der Waals surface area contributed by atoms with Crippen molar-refractivity contribution in [2.45, 2.75) is 6.18 Å². The quantitative estimate of drug-likeness (QED) is 0.687. The number of aromatic nitrogens is 1. The summed E-state index contributed by atoms with van der Waals surface area (Å²) in [7, 11) is 3.83. The predicted octanol–water partition coefficient (Wildman–Crippen LogP) is 3.12. The maximum absolute atomic E-state index is 12.7. The molecule has 0 bridgehead atoms. The number of hydrogen-bond acceptors (Lipinski definition) is 5. The topological polar surface area (TPSA) is 68.5 Å². The molecule has 0 aliphatic carbocycles. The van der Waals surface area contributed by atoms with E-state index in [1.807, 2.05) is 43.3 Å². The largest absolute Gasteiger partial charge is 0.540 e. The first kappa shape index (κ1) is 21.4. The summed E-state index contributed by atoms with van der Waals surface area (Å²) in [5.74, 6) is -1.95. The van der Waals surface area contributed by atoms with Gasteiger partial charge in [-0.1, -0.05) is 23.7 Å². The highest BCUT2D eigenvalue weighted by Gasteiger charge is 2.37. The lowest BCUT2D eigenvalue weighted by molar-refractivity contribution is -0.718. The van der Waals surface area contributed by atoms with Gasteiger partial charge in [-0.3, -0.25) is 4.98 Å². The van der Waals surface area contributed by atoms with Gasteiger partial charge in [-0.2, -0.15) is 13.2 Å². The van der Waals surface area contributed by atoms with Gasteiger partial charge in [0.25, 0.3) is 0 Å². The number of hydrogen-bond donors (Lipinski definition) is 0. The van der Waals surface area contributed by atoms with Crippen molar-refractivity contribution >= 4 is 41.1 Å². The van der Waals surface area contributed by atoms with Crippen LogP contribution in [0.3, 0.4) is 0 Å². The van der Waals surface area contributed by atoms with Crippen LogP contribution in [0.4, 0.5) is 18.9 Å². The van der Waals surface area contributed by atoms with Crippen LogP contribution in [0, 0.1) is 0 Å². The first-order chi connectivity index (χ1) is 14.1. The lowest BCUT2D eigenvalue weighted by Crippen LogP contribution is -2.16. The van der Waals surface area contributed by atoms with Gasteiger partial charge in [0.2, 0.25) is 6.21 Å². The molecule has 2 heterocycles. The number of hydroxylamine groups is 1. The van der Waals surface area contributed by atoms with Crippen molar-refractivity contribution < 1.29 is 32.6 Å². The SMILES string of the molecule is CN(C)c1ccc(C=CC=[N+]2OC([O-])=C(c3ncc(C(F)(F)F)cc3Cl)C2=O)cc1. The van der Waals surface area contributed by atoms with E-state index in [0.29, 0.717) is 17.0 Å². The number of pyridine rings is 1. The standard InChI is InChI=1S/C20H15ClF3N3O3/c1-26(2)14-7-5-12(6-8-14)4-3-9-27-18(28)16(19(29)30-27)17-15(21)10-13(11-25-17)20(22,23)24/h3-11H,1-2H3. The second-order valence-electron chi connectivity index (χ2n) is 6.43. The molecule has 3 rings (SSSR count). The molecule has 2 aromatic rings. The molecule has 0 spiro atoms. The Morgan fingerprint density at radius 3 is 2.47 bits per heavy atom. The number of carbonyl (C=O) groups excluding carboxylic acids is 1. The molecule has 1 aliphatic rings. The summed E-state index contributed by atoms with van der Waals surface area (Å²) in [4.78, 5) is 22.8. The van der Waals surface area contributed by atoms with E-state index in [1.165, 1.54) is 12.3 Å². The predicted molar refractivity (Wildman–Crippen MR) is 103 cm³/mol. The normalized spacial score (nSPS) is 15.9. The number of nitrogens with zero attached hydrogens (tertiary/aromatic N) is 3. The molecule has 0 saturated heterocycles. The highest BCUT2D eigenvalue weighted by Crippen LogP contribution is 2.34. The molecule has 0 fully saturated rings. The monoisotopic (exact) mass is 437 g/mol. The summed E-state index contributed by atoms with van der Waals surface area (Å²) in [6, 6.07) is 8.14. The van der Waals surface area contributed by atoms with Crippen LogP contribution in [-0.4, -0.2) is 35.9 Å². The Labute approximate surface area is 174 Å². The Hall–Kier alpha value is -3.33. The molecule has 0 saturated carbocycles. The minimum Gasteiger partial charge on any atom is -0.540 e. The number of rotatable bonds is 4. The Balaban J connectivity index is 1.80. The van der Waals surface area contributed by atoms with E-state index in [2.05, 4.69) is 4.98 Å². The second kappa shape index (κ2) is 8.19.